The summed E-state index contributed by atoms with van der Waals surface area (Å²) in [5.41, 5.74) is 0.994. The summed E-state index contributed by atoms with van der Waals surface area (Å²) in [5, 5.41) is 11.8. The molecule has 2 atom stereocenters. The summed E-state index contributed by atoms with van der Waals surface area (Å²) in [7, 11) is 0. The number of pyridine rings is 1. The SMILES string of the molecule is Cc1cc(NC(=O)C2C(C(=O)O)C2(C)C)cnc1Br. The van der Waals surface area contributed by atoms with Crippen LogP contribution in [0, 0.1) is 24.2 Å². The van der Waals surface area contributed by atoms with Crippen molar-refractivity contribution in [1.82, 2.24) is 4.98 Å². The van der Waals surface area contributed by atoms with Crippen LogP contribution < -0.4 is 5.32 Å². The van der Waals surface area contributed by atoms with Crippen molar-refractivity contribution in [1.29, 1.82) is 0 Å². The van der Waals surface area contributed by atoms with E-state index in [0.29, 0.717) is 5.69 Å². The van der Waals surface area contributed by atoms with Crippen LogP contribution in [0.25, 0.3) is 0 Å². The largest absolute Gasteiger partial charge is 0.481 e. The Kier molecular flexibility index (Phi) is 3.38. The summed E-state index contributed by atoms with van der Waals surface area (Å²) in [5.74, 6) is -2.29. The molecule has 1 fully saturated rings. The number of carbonyl (C=O) groups excluding carboxylic acids is 1. The number of hydrogen-bond donors (Lipinski definition) is 2. The van der Waals surface area contributed by atoms with Gasteiger partial charge in [0.15, 0.2) is 0 Å². The van der Waals surface area contributed by atoms with Crippen molar-refractivity contribution in [3.05, 3.63) is 22.4 Å². The Morgan fingerprint density at radius 2 is 2.05 bits per heavy atom. The summed E-state index contributed by atoms with van der Waals surface area (Å²) < 4.78 is 0.723. The summed E-state index contributed by atoms with van der Waals surface area (Å²) >= 11 is 3.28. The van der Waals surface area contributed by atoms with Gasteiger partial charge in [-0.2, -0.15) is 0 Å². The average molecular weight is 327 g/mol. The minimum atomic E-state index is -0.921. The molecule has 1 amide bonds. The van der Waals surface area contributed by atoms with Crippen molar-refractivity contribution >= 4 is 33.5 Å². The van der Waals surface area contributed by atoms with Gasteiger partial charge in [0, 0.05) is 0 Å². The number of nitrogens with zero attached hydrogens (tertiary/aromatic N) is 1. The number of aromatic nitrogens is 1. The Balaban J connectivity index is 2.10. The van der Waals surface area contributed by atoms with Gasteiger partial charge in [-0.25, -0.2) is 4.98 Å². The molecule has 5 nitrogen and oxygen atoms in total. The number of carbonyl (C=O) groups is 2. The number of carboxylic acids is 1. The lowest BCUT2D eigenvalue weighted by molar-refractivity contribution is -0.140. The monoisotopic (exact) mass is 326 g/mol. The molecule has 1 heterocycles. The van der Waals surface area contributed by atoms with E-state index in [-0.39, 0.29) is 5.91 Å². The molecule has 0 spiro atoms. The van der Waals surface area contributed by atoms with Crippen molar-refractivity contribution in [2.45, 2.75) is 20.8 Å². The van der Waals surface area contributed by atoms with Crippen LogP contribution in [0.3, 0.4) is 0 Å². The minimum absolute atomic E-state index is 0.263. The predicted octanol–water partition coefficient (Wildman–Crippen LogP) is 2.45. The Labute approximate surface area is 119 Å². The van der Waals surface area contributed by atoms with Gasteiger partial charge in [-0.05, 0) is 39.9 Å². The first-order valence-electron chi connectivity index (χ1n) is 5.91. The molecule has 2 rings (SSSR count). The van der Waals surface area contributed by atoms with Crippen LogP contribution in [-0.4, -0.2) is 22.0 Å². The molecule has 6 heteroatoms. The van der Waals surface area contributed by atoms with E-state index >= 15 is 0 Å². The predicted molar refractivity (Wildman–Crippen MR) is 73.7 cm³/mol. The van der Waals surface area contributed by atoms with E-state index in [1.54, 1.807) is 26.1 Å². The number of hydrogen-bond acceptors (Lipinski definition) is 3. The van der Waals surface area contributed by atoms with Gasteiger partial charge in [0.25, 0.3) is 0 Å². The number of carboxylic acid groups (broad SMARTS) is 1. The first-order valence-corrected chi connectivity index (χ1v) is 6.70. The molecule has 0 bridgehead atoms. The van der Waals surface area contributed by atoms with Gasteiger partial charge in [-0.3, -0.25) is 9.59 Å². The van der Waals surface area contributed by atoms with Crippen LogP contribution in [0.1, 0.15) is 19.4 Å². The maximum atomic E-state index is 12.1. The summed E-state index contributed by atoms with van der Waals surface area (Å²) in [6.07, 6.45) is 1.54. The average Bonchev–Trinajstić information content (AvgIpc) is 2.87. The highest BCUT2D eigenvalue weighted by atomic mass is 79.9. The lowest BCUT2D eigenvalue weighted by Gasteiger charge is -2.07. The zero-order chi connectivity index (χ0) is 14.4. The van der Waals surface area contributed by atoms with E-state index in [1.807, 2.05) is 6.92 Å². The molecule has 0 radical (unpaired) electrons. The van der Waals surface area contributed by atoms with Crippen LogP contribution in [-0.2, 0) is 9.59 Å². The summed E-state index contributed by atoms with van der Waals surface area (Å²) in [4.78, 5) is 27.2. The maximum Gasteiger partial charge on any atom is 0.307 e. The second-order valence-electron chi connectivity index (χ2n) is 5.44. The molecule has 1 aliphatic rings. The fourth-order valence-electron chi connectivity index (χ4n) is 2.43. The molecule has 102 valence electrons. The first kappa shape index (κ1) is 14.0. The molecular formula is C13H15BrN2O3. The van der Waals surface area contributed by atoms with Gasteiger partial charge in [0.1, 0.15) is 4.60 Å². The number of halogens is 1. The van der Waals surface area contributed by atoms with Crippen LogP contribution in [0.2, 0.25) is 0 Å². The Morgan fingerprint density at radius 1 is 1.42 bits per heavy atom. The second-order valence-corrected chi connectivity index (χ2v) is 6.19. The van der Waals surface area contributed by atoms with Crippen LogP contribution >= 0.6 is 15.9 Å². The van der Waals surface area contributed by atoms with Crippen molar-refractivity contribution < 1.29 is 14.7 Å². The van der Waals surface area contributed by atoms with Crippen molar-refractivity contribution in [2.75, 3.05) is 5.32 Å². The topological polar surface area (TPSA) is 79.3 Å². The van der Waals surface area contributed by atoms with Gasteiger partial charge < -0.3 is 10.4 Å². The van der Waals surface area contributed by atoms with Gasteiger partial charge >= 0.3 is 5.97 Å². The minimum Gasteiger partial charge on any atom is -0.481 e. The van der Waals surface area contributed by atoms with E-state index in [9.17, 15) is 9.59 Å². The molecule has 1 saturated carbocycles. The Morgan fingerprint density at radius 3 is 2.53 bits per heavy atom. The third kappa shape index (κ3) is 2.49. The standard InChI is InChI=1S/C13H15BrN2O3/c1-6-4-7(5-15-10(6)14)16-11(17)8-9(12(18)19)13(8,2)3/h4-5,8-9H,1-3H3,(H,16,17)(H,18,19). The van der Waals surface area contributed by atoms with Gasteiger partial charge in [-0.1, -0.05) is 13.8 Å². The fraction of sp³-hybridized carbons (Fsp3) is 0.462. The van der Waals surface area contributed by atoms with E-state index < -0.39 is 23.2 Å². The molecule has 1 aliphatic carbocycles. The summed E-state index contributed by atoms with van der Waals surface area (Å²) in [6.45, 7) is 5.45. The molecule has 2 N–H and O–H groups in total. The second kappa shape index (κ2) is 4.59. The number of nitrogens with one attached hydrogen (secondary N) is 1. The number of aliphatic carboxylic acids is 1. The fourth-order valence-corrected chi connectivity index (χ4v) is 2.65. The van der Waals surface area contributed by atoms with E-state index in [0.717, 1.165) is 10.2 Å². The molecule has 0 saturated heterocycles. The third-order valence-electron chi connectivity index (χ3n) is 3.66. The smallest absolute Gasteiger partial charge is 0.307 e. The molecule has 0 aromatic carbocycles. The molecule has 0 aliphatic heterocycles. The zero-order valence-corrected chi connectivity index (χ0v) is 12.5. The molecule has 19 heavy (non-hydrogen) atoms. The Hall–Kier alpha value is -1.43. The van der Waals surface area contributed by atoms with Crippen molar-refractivity contribution in [3.8, 4) is 0 Å². The van der Waals surface area contributed by atoms with Crippen LogP contribution in [0.15, 0.2) is 16.9 Å². The first-order chi connectivity index (χ1) is 8.75. The zero-order valence-electron chi connectivity index (χ0n) is 10.9. The molecule has 1 aromatic rings. The number of rotatable bonds is 3. The molecular weight excluding hydrogens is 312 g/mol. The maximum absolute atomic E-state index is 12.1. The van der Waals surface area contributed by atoms with Gasteiger partial charge in [0.2, 0.25) is 5.91 Å². The number of anilines is 1. The number of amides is 1. The van der Waals surface area contributed by atoms with E-state index in [2.05, 4.69) is 26.2 Å². The van der Waals surface area contributed by atoms with Crippen molar-refractivity contribution in [2.24, 2.45) is 17.3 Å². The quantitative estimate of drug-likeness (QED) is 0.836. The molecule has 2 unspecified atom stereocenters. The van der Waals surface area contributed by atoms with E-state index in [1.165, 1.54) is 0 Å². The highest BCUT2D eigenvalue weighted by Gasteiger charge is 2.65. The van der Waals surface area contributed by atoms with Gasteiger partial charge in [0.05, 0.1) is 23.7 Å². The normalized spacial score (nSPS) is 23.8. The molecule has 1 aromatic heterocycles. The highest BCUT2D eigenvalue weighted by molar-refractivity contribution is 9.10. The van der Waals surface area contributed by atoms with Crippen LogP contribution in [0.4, 0.5) is 5.69 Å². The Bertz CT molecular complexity index is 557. The van der Waals surface area contributed by atoms with Gasteiger partial charge in [-0.15, -0.1) is 0 Å². The lowest BCUT2D eigenvalue weighted by Crippen LogP contribution is -2.18. The van der Waals surface area contributed by atoms with Crippen LogP contribution in [0.5, 0.6) is 0 Å². The third-order valence-corrected chi connectivity index (χ3v) is 4.49. The highest BCUT2D eigenvalue weighted by Crippen LogP contribution is 2.58. The summed E-state index contributed by atoms with van der Waals surface area (Å²) in [6, 6.07) is 1.79. The van der Waals surface area contributed by atoms with Crippen molar-refractivity contribution in [3.63, 3.8) is 0 Å². The lowest BCUT2D eigenvalue weighted by atomic mass is 10.1. The van der Waals surface area contributed by atoms with E-state index in [4.69, 9.17) is 5.11 Å². The number of aryl methyl sites for hydroxylation is 1.